The second kappa shape index (κ2) is 12.3. The highest BCUT2D eigenvalue weighted by atomic mass is 32.2. The third-order valence-electron chi connectivity index (χ3n) is 6.86. The first-order chi connectivity index (χ1) is 17.9. The van der Waals surface area contributed by atoms with Crippen molar-refractivity contribution in [2.75, 3.05) is 45.8 Å². The van der Waals surface area contributed by atoms with E-state index in [4.69, 9.17) is 4.74 Å². The number of amides is 4. The minimum atomic E-state index is -0.590. The summed E-state index contributed by atoms with van der Waals surface area (Å²) in [5, 5.41) is 6.25. The van der Waals surface area contributed by atoms with Crippen LogP contribution in [0, 0.1) is 0 Å². The molecule has 2 aromatic rings. The molecule has 198 valence electrons. The summed E-state index contributed by atoms with van der Waals surface area (Å²) in [4.78, 5) is 43.6. The van der Waals surface area contributed by atoms with Gasteiger partial charge in [-0.05, 0) is 48.1 Å². The Kier molecular flexibility index (Phi) is 8.94. The molecule has 1 N–H and O–H groups in total. The third-order valence-corrected chi connectivity index (χ3v) is 7.50. The van der Waals surface area contributed by atoms with Gasteiger partial charge < -0.3 is 19.9 Å². The number of nitrogens with zero attached hydrogens (tertiary/aromatic N) is 4. The van der Waals surface area contributed by atoms with Crippen molar-refractivity contribution in [1.29, 1.82) is 0 Å². The number of likely N-dealkylation sites (N-methyl/N-ethyl adjacent to an activating group) is 1. The standard InChI is InChI=1S/C27H35N5O4S/c1-29-19-25(33)31-23(14-16-37-3)26(34)30(15-13-20-9-11-22(36-2)12-10-20)18-24(31)32(29)27(35)28-17-21-7-5-4-6-8-21/h4-12,23-24H,13-19H2,1-3H3,(H,28,35)/t23-,24-/m0/s1. The summed E-state index contributed by atoms with van der Waals surface area (Å²) in [6, 6.07) is 16.6. The van der Waals surface area contributed by atoms with E-state index in [1.807, 2.05) is 60.9 Å². The summed E-state index contributed by atoms with van der Waals surface area (Å²) in [6.07, 6.45) is 2.63. The first kappa shape index (κ1) is 26.8. The van der Waals surface area contributed by atoms with Crippen LogP contribution in [-0.4, -0.2) is 95.7 Å². The van der Waals surface area contributed by atoms with Crippen molar-refractivity contribution in [2.24, 2.45) is 0 Å². The van der Waals surface area contributed by atoms with Gasteiger partial charge in [0.1, 0.15) is 18.0 Å². The van der Waals surface area contributed by atoms with E-state index < -0.39 is 12.2 Å². The summed E-state index contributed by atoms with van der Waals surface area (Å²) in [5.41, 5.74) is 2.08. The van der Waals surface area contributed by atoms with E-state index >= 15 is 0 Å². The highest BCUT2D eigenvalue weighted by Gasteiger charge is 2.50. The Morgan fingerprint density at radius 2 is 1.81 bits per heavy atom. The SMILES string of the molecule is COc1ccc(CCN2C[C@H]3N(C(=O)CN(C)N3C(=O)NCc3ccccc3)[C@@H](CCSC)C2=O)cc1. The predicted molar refractivity (Wildman–Crippen MR) is 144 cm³/mol. The molecule has 0 aliphatic carbocycles. The van der Waals surface area contributed by atoms with E-state index in [1.165, 1.54) is 0 Å². The molecule has 2 atom stereocenters. The monoisotopic (exact) mass is 525 g/mol. The topological polar surface area (TPSA) is 85.4 Å². The maximum Gasteiger partial charge on any atom is 0.334 e. The largest absolute Gasteiger partial charge is 0.497 e. The van der Waals surface area contributed by atoms with E-state index in [9.17, 15) is 14.4 Å². The number of carbonyl (C=O) groups excluding carboxylic acids is 3. The molecular formula is C27H35N5O4S. The van der Waals surface area contributed by atoms with Crippen LogP contribution in [-0.2, 0) is 22.6 Å². The molecule has 4 amide bonds. The molecule has 10 heteroatoms. The van der Waals surface area contributed by atoms with Gasteiger partial charge in [-0.3, -0.25) is 9.59 Å². The van der Waals surface area contributed by atoms with Crippen LogP contribution < -0.4 is 10.1 Å². The molecule has 2 aromatic carbocycles. The summed E-state index contributed by atoms with van der Waals surface area (Å²) in [5.74, 6) is 1.34. The lowest BCUT2D eigenvalue weighted by Gasteiger charge is -2.54. The van der Waals surface area contributed by atoms with Gasteiger partial charge in [0, 0.05) is 20.1 Å². The lowest BCUT2D eigenvalue weighted by atomic mass is 10.0. The second-order valence-electron chi connectivity index (χ2n) is 9.27. The van der Waals surface area contributed by atoms with Crippen molar-refractivity contribution in [3.05, 3.63) is 65.7 Å². The number of hydrazine groups is 1. The Hall–Kier alpha value is -3.24. The number of piperazine rings is 1. The number of nitrogens with one attached hydrogen (secondary N) is 1. The average Bonchev–Trinajstić information content (AvgIpc) is 2.91. The van der Waals surface area contributed by atoms with Crippen molar-refractivity contribution < 1.29 is 19.1 Å². The van der Waals surface area contributed by atoms with Crippen LogP contribution in [0.3, 0.4) is 0 Å². The number of benzene rings is 2. The Balaban J connectivity index is 1.54. The van der Waals surface area contributed by atoms with Gasteiger partial charge >= 0.3 is 6.03 Å². The van der Waals surface area contributed by atoms with E-state index in [0.29, 0.717) is 25.9 Å². The highest BCUT2D eigenvalue weighted by molar-refractivity contribution is 7.98. The van der Waals surface area contributed by atoms with Crippen LogP contribution in [0.1, 0.15) is 17.5 Å². The van der Waals surface area contributed by atoms with Crippen molar-refractivity contribution >= 4 is 29.6 Å². The van der Waals surface area contributed by atoms with Crippen molar-refractivity contribution in [3.8, 4) is 5.75 Å². The number of urea groups is 1. The summed E-state index contributed by atoms with van der Waals surface area (Å²) in [7, 11) is 3.37. The number of fused-ring (bicyclic) bond motifs is 1. The second-order valence-corrected chi connectivity index (χ2v) is 10.3. The van der Waals surface area contributed by atoms with Crippen molar-refractivity contribution in [2.45, 2.75) is 31.6 Å². The van der Waals surface area contributed by atoms with Crippen LogP contribution in [0.2, 0.25) is 0 Å². The fourth-order valence-corrected chi connectivity index (χ4v) is 5.38. The predicted octanol–water partition coefficient (Wildman–Crippen LogP) is 2.43. The Bertz CT molecular complexity index is 1080. The molecule has 0 radical (unpaired) electrons. The molecule has 2 fully saturated rings. The zero-order valence-electron chi connectivity index (χ0n) is 21.6. The molecule has 0 bridgehead atoms. The quantitative estimate of drug-likeness (QED) is 0.541. The molecule has 0 spiro atoms. The number of ether oxygens (including phenoxy) is 1. The first-order valence-corrected chi connectivity index (χ1v) is 13.9. The average molecular weight is 526 g/mol. The van der Waals surface area contributed by atoms with Gasteiger partial charge in [-0.25, -0.2) is 14.8 Å². The molecule has 0 unspecified atom stereocenters. The Labute approximate surface area is 222 Å². The normalized spacial score (nSPS) is 20.1. The van der Waals surface area contributed by atoms with Gasteiger partial charge in [0.2, 0.25) is 11.8 Å². The van der Waals surface area contributed by atoms with Crippen molar-refractivity contribution in [3.63, 3.8) is 0 Å². The van der Waals surface area contributed by atoms with Crippen LogP contribution in [0.25, 0.3) is 0 Å². The Morgan fingerprint density at radius 1 is 1.08 bits per heavy atom. The molecule has 4 rings (SSSR count). The van der Waals surface area contributed by atoms with Crippen LogP contribution in [0.4, 0.5) is 4.79 Å². The molecule has 2 aliphatic heterocycles. The number of methoxy groups -OCH3 is 1. The number of rotatable bonds is 9. The fourth-order valence-electron chi connectivity index (χ4n) is 4.92. The number of thioether (sulfide) groups is 1. The lowest BCUT2D eigenvalue weighted by molar-refractivity contribution is -0.187. The maximum absolute atomic E-state index is 13.6. The van der Waals surface area contributed by atoms with Crippen LogP contribution in [0.15, 0.2) is 54.6 Å². The number of hydrogen-bond donors (Lipinski definition) is 1. The fraction of sp³-hybridized carbons (Fsp3) is 0.444. The van der Waals surface area contributed by atoms with Crippen LogP contribution >= 0.6 is 11.8 Å². The van der Waals surface area contributed by atoms with Gasteiger partial charge in [0.25, 0.3) is 0 Å². The van der Waals surface area contributed by atoms with Gasteiger partial charge in [0.15, 0.2) is 0 Å². The molecule has 2 saturated heterocycles. The molecule has 2 heterocycles. The molecular weight excluding hydrogens is 490 g/mol. The summed E-state index contributed by atoms with van der Waals surface area (Å²) in [6.45, 7) is 1.19. The number of carbonyl (C=O) groups is 3. The lowest BCUT2D eigenvalue weighted by Crippen LogP contribution is -2.76. The van der Waals surface area contributed by atoms with Gasteiger partial charge in [-0.1, -0.05) is 42.5 Å². The smallest absolute Gasteiger partial charge is 0.334 e. The van der Waals surface area contributed by atoms with Crippen LogP contribution in [0.5, 0.6) is 5.75 Å². The molecule has 2 aliphatic rings. The summed E-state index contributed by atoms with van der Waals surface area (Å²) < 4.78 is 5.24. The molecule has 0 saturated carbocycles. The molecule has 37 heavy (non-hydrogen) atoms. The van der Waals surface area contributed by atoms with Gasteiger partial charge in [0.05, 0.1) is 20.2 Å². The highest BCUT2D eigenvalue weighted by Crippen LogP contribution is 2.28. The maximum atomic E-state index is 13.6. The minimum absolute atomic E-state index is 0.0458. The molecule has 0 aromatic heterocycles. The van der Waals surface area contributed by atoms with E-state index in [2.05, 4.69) is 5.32 Å². The van der Waals surface area contributed by atoms with Crippen molar-refractivity contribution in [1.82, 2.24) is 25.1 Å². The minimum Gasteiger partial charge on any atom is -0.497 e. The Morgan fingerprint density at radius 3 is 2.49 bits per heavy atom. The first-order valence-electron chi connectivity index (χ1n) is 12.5. The molecule has 9 nitrogen and oxygen atoms in total. The third kappa shape index (κ3) is 6.19. The van der Waals surface area contributed by atoms with E-state index in [-0.39, 0.29) is 30.9 Å². The van der Waals surface area contributed by atoms with E-state index in [0.717, 1.165) is 22.6 Å². The van der Waals surface area contributed by atoms with Gasteiger partial charge in [-0.15, -0.1) is 0 Å². The summed E-state index contributed by atoms with van der Waals surface area (Å²) >= 11 is 1.64. The van der Waals surface area contributed by atoms with E-state index in [1.54, 1.807) is 45.7 Å². The zero-order chi connectivity index (χ0) is 26.4. The zero-order valence-corrected chi connectivity index (χ0v) is 22.4. The number of hydrogen-bond acceptors (Lipinski definition) is 6. The van der Waals surface area contributed by atoms with Gasteiger partial charge in [-0.2, -0.15) is 11.8 Å².